The van der Waals surface area contributed by atoms with E-state index in [0.717, 1.165) is 19.0 Å². The molecule has 1 aromatic heterocycles. The highest BCUT2D eigenvalue weighted by Crippen LogP contribution is 2.16. The largest absolute Gasteiger partial charge is 0.356 e. The van der Waals surface area contributed by atoms with E-state index in [1.807, 2.05) is 12.4 Å². The van der Waals surface area contributed by atoms with Gasteiger partial charge in [0, 0.05) is 31.0 Å². The van der Waals surface area contributed by atoms with E-state index in [2.05, 4.69) is 54.6 Å². The molecule has 0 aliphatic heterocycles. The third-order valence-corrected chi connectivity index (χ3v) is 3.30. The lowest BCUT2D eigenvalue weighted by Gasteiger charge is -2.33. The minimum atomic E-state index is 0.127. The Morgan fingerprint density at radius 2 is 2.12 bits per heavy atom. The Kier molecular flexibility index (Phi) is 5.00. The topological polar surface area (TPSA) is 33.1 Å². The van der Waals surface area contributed by atoms with Crippen molar-refractivity contribution in [3.8, 4) is 0 Å². The lowest BCUT2D eigenvalue weighted by molar-refractivity contribution is 0.170. The van der Waals surface area contributed by atoms with E-state index in [9.17, 15) is 0 Å². The number of hydrogen-bond donors (Lipinski definition) is 1. The van der Waals surface area contributed by atoms with Crippen molar-refractivity contribution >= 4 is 5.95 Å². The molecular weight excluding hydrogens is 212 g/mol. The molecule has 0 radical (unpaired) electrons. The Labute approximate surface area is 105 Å². The lowest BCUT2D eigenvalue weighted by atomic mass is 10.0. The van der Waals surface area contributed by atoms with Crippen molar-refractivity contribution < 1.29 is 0 Å². The Hall–Kier alpha value is -1.03. The van der Waals surface area contributed by atoms with Gasteiger partial charge in [-0.2, -0.15) is 0 Å². The zero-order chi connectivity index (χ0) is 12.9. The highest BCUT2D eigenvalue weighted by molar-refractivity contribution is 5.25. The first kappa shape index (κ1) is 14.0. The average Bonchev–Trinajstić information content (AvgIpc) is 2.65. The summed E-state index contributed by atoms with van der Waals surface area (Å²) in [7, 11) is 4.22. The van der Waals surface area contributed by atoms with Gasteiger partial charge in [0.2, 0.25) is 5.95 Å². The first-order chi connectivity index (χ1) is 7.97. The number of rotatable bonds is 7. The van der Waals surface area contributed by atoms with Crippen molar-refractivity contribution in [1.82, 2.24) is 14.5 Å². The molecule has 1 aromatic rings. The second kappa shape index (κ2) is 6.05. The van der Waals surface area contributed by atoms with E-state index in [1.165, 1.54) is 12.8 Å². The smallest absolute Gasteiger partial charge is 0.202 e. The van der Waals surface area contributed by atoms with Crippen LogP contribution in [0.1, 0.15) is 33.6 Å². The number of nitrogens with zero attached hydrogens (tertiary/aromatic N) is 3. The third-order valence-electron chi connectivity index (χ3n) is 3.30. The average molecular weight is 238 g/mol. The summed E-state index contributed by atoms with van der Waals surface area (Å²) in [4.78, 5) is 6.60. The fourth-order valence-corrected chi connectivity index (χ4v) is 1.54. The molecule has 0 spiro atoms. The van der Waals surface area contributed by atoms with Crippen LogP contribution in [0.2, 0.25) is 0 Å². The molecule has 17 heavy (non-hydrogen) atoms. The van der Waals surface area contributed by atoms with Gasteiger partial charge in [-0.05, 0) is 34.4 Å². The highest BCUT2D eigenvalue weighted by atomic mass is 15.2. The Morgan fingerprint density at radius 1 is 1.41 bits per heavy atom. The molecule has 4 nitrogen and oxygen atoms in total. The molecule has 0 atom stereocenters. The molecule has 1 N–H and O–H groups in total. The first-order valence-corrected chi connectivity index (χ1v) is 6.40. The summed E-state index contributed by atoms with van der Waals surface area (Å²) in [5.74, 6) is 0.980. The van der Waals surface area contributed by atoms with Gasteiger partial charge in [-0.3, -0.25) is 0 Å². The van der Waals surface area contributed by atoms with Gasteiger partial charge in [-0.25, -0.2) is 4.98 Å². The number of nitrogens with one attached hydrogen (secondary N) is 1. The molecule has 1 heterocycles. The molecule has 0 saturated heterocycles. The van der Waals surface area contributed by atoms with Gasteiger partial charge in [0.15, 0.2) is 0 Å². The molecule has 98 valence electrons. The maximum Gasteiger partial charge on any atom is 0.202 e. The summed E-state index contributed by atoms with van der Waals surface area (Å²) in [5.41, 5.74) is 0.127. The molecule has 0 bridgehead atoms. The minimum Gasteiger partial charge on any atom is -0.356 e. The van der Waals surface area contributed by atoms with Gasteiger partial charge in [0.25, 0.3) is 0 Å². The molecule has 0 fully saturated rings. The molecule has 0 saturated carbocycles. The van der Waals surface area contributed by atoms with Crippen LogP contribution in [0.4, 0.5) is 5.95 Å². The van der Waals surface area contributed by atoms with Crippen LogP contribution in [0.25, 0.3) is 0 Å². The van der Waals surface area contributed by atoms with Crippen LogP contribution in [0.15, 0.2) is 12.4 Å². The quantitative estimate of drug-likeness (QED) is 0.741. The van der Waals surface area contributed by atoms with E-state index >= 15 is 0 Å². The van der Waals surface area contributed by atoms with E-state index < -0.39 is 0 Å². The van der Waals surface area contributed by atoms with Gasteiger partial charge in [0.05, 0.1) is 0 Å². The van der Waals surface area contributed by atoms with Crippen molar-refractivity contribution in [2.75, 3.05) is 26.0 Å². The minimum absolute atomic E-state index is 0.127. The number of aromatic nitrogens is 2. The molecule has 0 amide bonds. The number of hydrogen-bond acceptors (Lipinski definition) is 3. The number of imidazole rings is 1. The highest BCUT2D eigenvalue weighted by Gasteiger charge is 2.21. The molecular formula is C13H26N4. The standard InChI is InChI=1S/C13H26N4/c1-6-7-8-14-12-15-9-10-17(12)11-13(2,3)16(4)5/h9-10H,6-8,11H2,1-5H3,(H,14,15). The van der Waals surface area contributed by atoms with E-state index in [4.69, 9.17) is 0 Å². The summed E-state index contributed by atoms with van der Waals surface area (Å²) in [6.07, 6.45) is 6.29. The van der Waals surface area contributed by atoms with Crippen LogP contribution in [0.3, 0.4) is 0 Å². The van der Waals surface area contributed by atoms with Crippen LogP contribution in [-0.2, 0) is 6.54 Å². The third kappa shape index (κ3) is 4.04. The van der Waals surface area contributed by atoms with Crippen LogP contribution < -0.4 is 5.32 Å². The van der Waals surface area contributed by atoms with Crippen molar-refractivity contribution in [1.29, 1.82) is 0 Å². The van der Waals surface area contributed by atoms with Gasteiger partial charge in [-0.15, -0.1) is 0 Å². The van der Waals surface area contributed by atoms with Gasteiger partial charge in [-0.1, -0.05) is 13.3 Å². The Balaban J connectivity index is 2.62. The van der Waals surface area contributed by atoms with Crippen molar-refractivity contribution in [3.63, 3.8) is 0 Å². The number of anilines is 1. The molecule has 0 unspecified atom stereocenters. The van der Waals surface area contributed by atoms with Gasteiger partial charge < -0.3 is 14.8 Å². The summed E-state index contributed by atoms with van der Waals surface area (Å²) >= 11 is 0. The SMILES string of the molecule is CCCCNc1nccn1CC(C)(C)N(C)C. The van der Waals surface area contributed by atoms with Gasteiger partial charge >= 0.3 is 0 Å². The van der Waals surface area contributed by atoms with Crippen molar-refractivity contribution in [2.24, 2.45) is 0 Å². The Bertz CT molecular complexity index is 328. The Morgan fingerprint density at radius 3 is 2.71 bits per heavy atom. The molecule has 1 rings (SSSR count). The predicted molar refractivity (Wildman–Crippen MR) is 73.4 cm³/mol. The first-order valence-electron chi connectivity index (χ1n) is 6.40. The van der Waals surface area contributed by atoms with Crippen LogP contribution in [-0.4, -0.2) is 40.6 Å². The maximum atomic E-state index is 4.36. The monoisotopic (exact) mass is 238 g/mol. The van der Waals surface area contributed by atoms with Crippen LogP contribution in [0, 0.1) is 0 Å². The fraction of sp³-hybridized carbons (Fsp3) is 0.769. The molecule has 4 heteroatoms. The maximum absolute atomic E-state index is 4.36. The number of likely N-dealkylation sites (N-methyl/N-ethyl adjacent to an activating group) is 1. The summed E-state index contributed by atoms with van der Waals surface area (Å²) in [5, 5.41) is 3.39. The number of unbranched alkanes of at least 4 members (excludes halogenated alkanes) is 1. The van der Waals surface area contributed by atoms with E-state index in [0.29, 0.717) is 0 Å². The second-order valence-corrected chi connectivity index (χ2v) is 5.37. The van der Waals surface area contributed by atoms with Gasteiger partial charge in [0.1, 0.15) is 0 Å². The van der Waals surface area contributed by atoms with Crippen molar-refractivity contribution in [2.45, 2.75) is 45.7 Å². The fourth-order valence-electron chi connectivity index (χ4n) is 1.54. The molecule has 0 aliphatic rings. The molecule has 0 aliphatic carbocycles. The zero-order valence-corrected chi connectivity index (χ0v) is 11.8. The van der Waals surface area contributed by atoms with E-state index in [-0.39, 0.29) is 5.54 Å². The van der Waals surface area contributed by atoms with Crippen LogP contribution in [0.5, 0.6) is 0 Å². The summed E-state index contributed by atoms with van der Waals surface area (Å²) in [6, 6.07) is 0. The summed E-state index contributed by atoms with van der Waals surface area (Å²) < 4.78 is 2.19. The van der Waals surface area contributed by atoms with Crippen molar-refractivity contribution in [3.05, 3.63) is 12.4 Å². The van der Waals surface area contributed by atoms with Crippen LogP contribution >= 0.6 is 0 Å². The summed E-state index contributed by atoms with van der Waals surface area (Å²) in [6.45, 7) is 8.61. The predicted octanol–water partition coefficient (Wildman–Crippen LogP) is 2.44. The molecule has 0 aromatic carbocycles. The van der Waals surface area contributed by atoms with E-state index in [1.54, 1.807) is 0 Å². The zero-order valence-electron chi connectivity index (χ0n) is 11.8. The second-order valence-electron chi connectivity index (χ2n) is 5.37. The normalized spacial score (nSPS) is 12.1. The lowest BCUT2D eigenvalue weighted by Crippen LogP contribution is -2.42.